The Morgan fingerprint density at radius 2 is 1.36 bits per heavy atom. The summed E-state index contributed by atoms with van der Waals surface area (Å²) in [6.45, 7) is 0. The van der Waals surface area contributed by atoms with Crippen molar-refractivity contribution in [3.8, 4) is 11.1 Å². The van der Waals surface area contributed by atoms with Gasteiger partial charge in [0.25, 0.3) is 5.91 Å². The zero-order chi connectivity index (χ0) is 23.2. The molecule has 0 aliphatic heterocycles. The van der Waals surface area contributed by atoms with Crippen molar-refractivity contribution < 1.29 is 4.79 Å². The van der Waals surface area contributed by atoms with Crippen LogP contribution in [0.3, 0.4) is 0 Å². The number of nitrogens with one attached hydrogen (secondary N) is 1. The van der Waals surface area contributed by atoms with E-state index in [0.717, 1.165) is 22.5 Å². The molecule has 4 rings (SSSR count). The number of rotatable bonds is 6. The summed E-state index contributed by atoms with van der Waals surface area (Å²) in [5, 5.41) is 11.4. The zero-order valence-corrected chi connectivity index (χ0v) is 18.6. The molecule has 4 aromatic carbocycles. The Morgan fingerprint density at radius 1 is 0.758 bits per heavy atom. The lowest BCUT2D eigenvalue weighted by atomic mass is 10.0. The molecule has 3 N–H and O–H groups in total. The quantitative estimate of drug-likeness (QED) is 0.262. The van der Waals surface area contributed by atoms with Crippen molar-refractivity contribution in [2.24, 2.45) is 10.2 Å². The molecule has 0 aliphatic rings. The van der Waals surface area contributed by atoms with Gasteiger partial charge < -0.3 is 16.0 Å². The SMILES string of the molecule is CN(C)c1ccc(/N=N/c2ccc(C(=O)Nc3cc(-c4ccccc4)ccc3N)cc2)cc1. The van der Waals surface area contributed by atoms with Crippen LogP contribution in [-0.2, 0) is 0 Å². The van der Waals surface area contributed by atoms with E-state index in [1.165, 1.54) is 0 Å². The largest absolute Gasteiger partial charge is 0.397 e. The summed E-state index contributed by atoms with van der Waals surface area (Å²) in [5.41, 5.74) is 12.2. The van der Waals surface area contributed by atoms with Crippen molar-refractivity contribution in [2.45, 2.75) is 0 Å². The predicted molar refractivity (Wildman–Crippen MR) is 136 cm³/mol. The second-order valence-electron chi connectivity index (χ2n) is 7.78. The zero-order valence-electron chi connectivity index (χ0n) is 18.6. The standard InChI is InChI=1S/C27H25N5O/c1-32(2)24-15-13-23(14-16-24)31-30-22-11-8-20(9-12-22)27(33)29-26-18-21(10-17-25(26)28)19-6-4-3-5-7-19/h3-18H,28H2,1-2H3,(H,29,33)/b31-30+. The fourth-order valence-corrected chi connectivity index (χ4v) is 3.28. The highest BCUT2D eigenvalue weighted by molar-refractivity contribution is 6.06. The number of anilines is 3. The summed E-state index contributed by atoms with van der Waals surface area (Å²) < 4.78 is 0. The van der Waals surface area contributed by atoms with Gasteiger partial charge in [0.1, 0.15) is 0 Å². The minimum absolute atomic E-state index is 0.241. The smallest absolute Gasteiger partial charge is 0.255 e. The van der Waals surface area contributed by atoms with Crippen LogP contribution in [0, 0.1) is 0 Å². The Hall–Kier alpha value is -4.45. The summed E-state index contributed by atoms with van der Waals surface area (Å²) in [5.74, 6) is -0.241. The second-order valence-corrected chi connectivity index (χ2v) is 7.78. The number of azo groups is 1. The second kappa shape index (κ2) is 9.78. The van der Waals surface area contributed by atoms with Gasteiger partial charge >= 0.3 is 0 Å². The Kier molecular flexibility index (Phi) is 6.45. The van der Waals surface area contributed by atoms with Crippen LogP contribution in [0.4, 0.5) is 28.4 Å². The first-order valence-electron chi connectivity index (χ1n) is 10.5. The summed E-state index contributed by atoms with van der Waals surface area (Å²) in [6, 6.07) is 30.3. The van der Waals surface area contributed by atoms with Gasteiger partial charge in [-0.2, -0.15) is 10.2 Å². The first-order chi connectivity index (χ1) is 16.0. The van der Waals surface area contributed by atoms with Gasteiger partial charge in [0.15, 0.2) is 0 Å². The third-order valence-electron chi connectivity index (χ3n) is 5.19. The Morgan fingerprint density at radius 3 is 1.97 bits per heavy atom. The molecule has 33 heavy (non-hydrogen) atoms. The molecule has 0 saturated heterocycles. The molecule has 1 amide bonds. The molecule has 0 aliphatic carbocycles. The molecule has 164 valence electrons. The van der Waals surface area contributed by atoms with E-state index in [0.29, 0.717) is 22.6 Å². The summed E-state index contributed by atoms with van der Waals surface area (Å²) in [4.78, 5) is 14.8. The number of carbonyl (C=O) groups is 1. The molecule has 0 saturated carbocycles. The van der Waals surface area contributed by atoms with Crippen molar-refractivity contribution in [2.75, 3.05) is 30.0 Å². The molecule has 0 unspecified atom stereocenters. The highest BCUT2D eigenvalue weighted by Gasteiger charge is 2.10. The average molecular weight is 436 g/mol. The van der Waals surface area contributed by atoms with E-state index in [1.54, 1.807) is 30.3 Å². The van der Waals surface area contributed by atoms with E-state index in [1.807, 2.05) is 85.7 Å². The summed E-state index contributed by atoms with van der Waals surface area (Å²) in [6.07, 6.45) is 0. The summed E-state index contributed by atoms with van der Waals surface area (Å²) in [7, 11) is 3.98. The third-order valence-corrected chi connectivity index (χ3v) is 5.19. The maximum atomic E-state index is 12.8. The minimum atomic E-state index is -0.241. The van der Waals surface area contributed by atoms with E-state index in [2.05, 4.69) is 15.5 Å². The maximum Gasteiger partial charge on any atom is 0.255 e. The lowest BCUT2D eigenvalue weighted by Crippen LogP contribution is -2.13. The van der Waals surface area contributed by atoms with Crippen LogP contribution in [0.25, 0.3) is 11.1 Å². The van der Waals surface area contributed by atoms with Gasteiger partial charge in [0.05, 0.1) is 22.7 Å². The lowest BCUT2D eigenvalue weighted by molar-refractivity contribution is 0.102. The topological polar surface area (TPSA) is 83.1 Å². The summed E-state index contributed by atoms with van der Waals surface area (Å²) >= 11 is 0. The average Bonchev–Trinajstić information content (AvgIpc) is 2.85. The Bertz CT molecular complexity index is 1260. The van der Waals surface area contributed by atoms with Crippen LogP contribution < -0.4 is 16.0 Å². The number of carbonyl (C=O) groups excluding carboxylic acids is 1. The molecule has 0 fully saturated rings. The van der Waals surface area contributed by atoms with Crippen LogP contribution in [0.5, 0.6) is 0 Å². The predicted octanol–water partition coefficient (Wildman–Crippen LogP) is 6.67. The number of nitrogens with zero attached hydrogens (tertiary/aromatic N) is 3. The van der Waals surface area contributed by atoms with Crippen molar-refractivity contribution >= 4 is 34.3 Å². The fourth-order valence-electron chi connectivity index (χ4n) is 3.28. The molecule has 4 aromatic rings. The van der Waals surface area contributed by atoms with E-state index in [9.17, 15) is 4.79 Å². The highest BCUT2D eigenvalue weighted by atomic mass is 16.1. The third kappa shape index (κ3) is 5.43. The molecular weight excluding hydrogens is 410 g/mol. The Labute approximate surface area is 193 Å². The van der Waals surface area contributed by atoms with Gasteiger partial charge in [0, 0.05) is 25.3 Å². The number of hydrogen-bond donors (Lipinski definition) is 2. The molecule has 6 heteroatoms. The number of nitrogen functional groups attached to an aromatic ring is 1. The fraction of sp³-hybridized carbons (Fsp3) is 0.0741. The molecule has 0 atom stereocenters. The minimum Gasteiger partial charge on any atom is -0.397 e. The van der Waals surface area contributed by atoms with E-state index in [4.69, 9.17) is 5.73 Å². The van der Waals surface area contributed by atoms with Crippen LogP contribution in [0.1, 0.15) is 10.4 Å². The molecule has 0 bridgehead atoms. The first kappa shape index (κ1) is 21.8. The molecule has 6 nitrogen and oxygen atoms in total. The van der Waals surface area contributed by atoms with E-state index < -0.39 is 0 Å². The van der Waals surface area contributed by atoms with Gasteiger partial charge in [-0.1, -0.05) is 36.4 Å². The molecule has 0 aromatic heterocycles. The van der Waals surface area contributed by atoms with Gasteiger partial charge in [-0.25, -0.2) is 0 Å². The van der Waals surface area contributed by atoms with Crippen LogP contribution in [-0.4, -0.2) is 20.0 Å². The van der Waals surface area contributed by atoms with Crippen LogP contribution in [0.2, 0.25) is 0 Å². The van der Waals surface area contributed by atoms with Crippen molar-refractivity contribution in [1.82, 2.24) is 0 Å². The van der Waals surface area contributed by atoms with Crippen LogP contribution >= 0.6 is 0 Å². The van der Waals surface area contributed by atoms with Crippen LogP contribution in [0.15, 0.2) is 107 Å². The molecule has 0 radical (unpaired) electrons. The molecule has 0 heterocycles. The van der Waals surface area contributed by atoms with E-state index in [-0.39, 0.29) is 5.91 Å². The number of hydrogen-bond acceptors (Lipinski definition) is 5. The maximum absolute atomic E-state index is 12.8. The first-order valence-corrected chi connectivity index (χ1v) is 10.5. The number of benzene rings is 4. The number of nitrogens with two attached hydrogens (primary N) is 1. The van der Waals surface area contributed by atoms with Crippen molar-refractivity contribution in [1.29, 1.82) is 0 Å². The van der Waals surface area contributed by atoms with Gasteiger partial charge in [-0.3, -0.25) is 4.79 Å². The van der Waals surface area contributed by atoms with Crippen molar-refractivity contribution in [3.05, 3.63) is 103 Å². The normalized spacial score (nSPS) is 10.8. The number of amides is 1. The van der Waals surface area contributed by atoms with E-state index >= 15 is 0 Å². The molecule has 0 spiro atoms. The van der Waals surface area contributed by atoms with Gasteiger partial charge in [0.2, 0.25) is 0 Å². The molecular formula is C27H25N5O. The van der Waals surface area contributed by atoms with Gasteiger partial charge in [-0.05, 0) is 71.8 Å². The monoisotopic (exact) mass is 435 g/mol. The highest BCUT2D eigenvalue weighted by Crippen LogP contribution is 2.28. The van der Waals surface area contributed by atoms with Crippen molar-refractivity contribution in [3.63, 3.8) is 0 Å². The lowest BCUT2D eigenvalue weighted by Gasteiger charge is -2.11. The Balaban J connectivity index is 1.44. The van der Waals surface area contributed by atoms with Gasteiger partial charge in [-0.15, -0.1) is 0 Å².